The van der Waals surface area contributed by atoms with Gasteiger partial charge >= 0.3 is 0 Å². The van der Waals surface area contributed by atoms with Crippen LogP contribution in [0, 0.1) is 40.4 Å². The monoisotopic (exact) mass is 442 g/mol. The average Bonchev–Trinajstić information content (AvgIpc) is 3.35. The largest absolute Gasteiger partial charge is 0.393 e. The van der Waals surface area contributed by atoms with E-state index in [4.69, 9.17) is 9.47 Å². The molecule has 180 valence electrons. The fourth-order valence-electron chi connectivity index (χ4n) is 8.70. The molecule has 0 radical (unpaired) electrons. The number of hydrogen-bond donors (Lipinski definition) is 1. The van der Waals surface area contributed by atoms with Gasteiger partial charge in [-0.15, -0.1) is 0 Å². The maximum absolute atomic E-state index is 10.5. The van der Waals surface area contributed by atoms with Gasteiger partial charge in [-0.1, -0.05) is 59.3 Å². The Balaban J connectivity index is 1.49. The molecule has 1 N–H and O–H groups in total. The maximum atomic E-state index is 10.5. The van der Waals surface area contributed by atoms with E-state index in [0.29, 0.717) is 29.6 Å². The highest BCUT2D eigenvalue weighted by Gasteiger charge is 2.77. The first-order valence-corrected chi connectivity index (χ1v) is 13.4. The topological polar surface area (TPSA) is 42.0 Å². The van der Waals surface area contributed by atoms with Crippen molar-refractivity contribution in [3.8, 4) is 0 Å². The number of epoxide rings is 1. The molecular formula is C29H46O3. The van der Waals surface area contributed by atoms with Gasteiger partial charge in [-0.05, 0) is 79.1 Å². The summed E-state index contributed by atoms with van der Waals surface area (Å²) < 4.78 is 12.8. The molecule has 1 saturated heterocycles. The normalized spacial score (nSPS) is 49.5. The summed E-state index contributed by atoms with van der Waals surface area (Å²) in [5.41, 5.74) is 3.61. The van der Waals surface area contributed by atoms with Crippen LogP contribution in [-0.2, 0) is 9.47 Å². The highest BCUT2D eigenvalue weighted by molar-refractivity contribution is 5.43. The van der Waals surface area contributed by atoms with Gasteiger partial charge in [0.25, 0.3) is 0 Å². The number of ether oxygens (including phenoxy) is 2. The van der Waals surface area contributed by atoms with Gasteiger partial charge in [0.2, 0.25) is 0 Å². The molecule has 10 atom stereocenters. The first kappa shape index (κ1) is 23.1. The second-order valence-electron chi connectivity index (χ2n) is 12.8. The van der Waals surface area contributed by atoms with E-state index >= 15 is 0 Å². The number of rotatable bonds is 5. The molecule has 0 aromatic heterocycles. The van der Waals surface area contributed by atoms with Crippen molar-refractivity contribution in [1.82, 2.24) is 0 Å². The molecule has 1 heterocycles. The third kappa shape index (κ3) is 3.02. The fraction of sp³-hybridized carbons (Fsp3) is 0.862. The van der Waals surface area contributed by atoms with E-state index in [-0.39, 0.29) is 34.7 Å². The Kier molecular flexibility index (Phi) is 5.55. The summed E-state index contributed by atoms with van der Waals surface area (Å²) in [4.78, 5) is 0. The number of aliphatic hydroxyl groups is 1. The van der Waals surface area contributed by atoms with Gasteiger partial charge in [0.05, 0.1) is 6.10 Å². The van der Waals surface area contributed by atoms with Crippen molar-refractivity contribution in [1.29, 1.82) is 0 Å². The van der Waals surface area contributed by atoms with Crippen molar-refractivity contribution in [2.24, 2.45) is 40.4 Å². The zero-order valence-electron chi connectivity index (χ0n) is 21.5. The summed E-state index contributed by atoms with van der Waals surface area (Å²) in [7, 11) is 1.88. The SMILES string of the molecule is CO[C@H]1C2=C3CC[C@H]([C@H](C)/C=C/[C@H](C)C(C)C)[C@@]3(C)CC[C@@H]2[C@@]2(C)CC[C@H](O)C[C@@]23O[C@H]13. The molecule has 1 aliphatic heterocycles. The smallest absolute Gasteiger partial charge is 0.118 e. The van der Waals surface area contributed by atoms with E-state index in [0.717, 1.165) is 19.3 Å². The van der Waals surface area contributed by atoms with Crippen LogP contribution >= 0.6 is 0 Å². The Morgan fingerprint density at radius 1 is 1.06 bits per heavy atom. The molecule has 5 aliphatic rings. The lowest BCUT2D eigenvalue weighted by molar-refractivity contribution is -0.0545. The molecule has 3 nitrogen and oxygen atoms in total. The van der Waals surface area contributed by atoms with E-state index in [1.807, 2.05) is 7.11 Å². The zero-order chi connectivity index (χ0) is 23.1. The van der Waals surface area contributed by atoms with Crippen LogP contribution in [0.2, 0.25) is 0 Å². The lowest BCUT2D eigenvalue weighted by atomic mass is 9.48. The van der Waals surface area contributed by atoms with E-state index in [1.165, 1.54) is 25.7 Å². The molecule has 32 heavy (non-hydrogen) atoms. The fourth-order valence-corrected chi connectivity index (χ4v) is 8.70. The van der Waals surface area contributed by atoms with Crippen LogP contribution in [0.5, 0.6) is 0 Å². The molecule has 3 heteroatoms. The van der Waals surface area contributed by atoms with Crippen molar-refractivity contribution in [2.75, 3.05) is 7.11 Å². The summed E-state index contributed by atoms with van der Waals surface area (Å²) in [5, 5.41) is 10.5. The minimum atomic E-state index is -0.217. The minimum Gasteiger partial charge on any atom is -0.393 e. The van der Waals surface area contributed by atoms with Crippen molar-refractivity contribution in [3.63, 3.8) is 0 Å². The molecule has 0 aromatic carbocycles. The Hall–Kier alpha value is -0.640. The van der Waals surface area contributed by atoms with Crippen LogP contribution in [0.4, 0.5) is 0 Å². The Morgan fingerprint density at radius 2 is 1.81 bits per heavy atom. The number of fused-ring (bicyclic) bond motifs is 3. The highest BCUT2D eigenvalue weighted by atomic mass is 16.6. The van der Waals surface area contributed by atoms with Crippen molar-refractivity contribution in [3.05, 3.63) is 23.3 Å². The number of allylic oxidation sites excluding steroid dienone is 3. The van der Waals surface area contributed by atoms with E-state index in [2.05, 4.69) is 53.7 Å². The number of methoxy groups -OCH3 is 1. The summed E-state index contributed by atoms with van der Waals surface area (Å²) in [5.74, 6) is 3.21. The van der Waals surface area contributed by atoms with Crippen LogP contribution in [-0.4, -0.2) is 36.1 Å². The Bertz CT molecular complexity index is 813. The third-order valence-corrected chi connectivity index (χ3v) is 11.1. The molecule has 4 fully saturated rings. The number of aliphatic hydroxyl groups excluding tert-OH is 1. The maximum Gasteiger partial charge on any atom is 0.118 e. The summed E-state index contributed by atoms with van der Waals surface area (Å²) in [6.07, 6.45) is 12.8. The minimum absolute atomic E-state index is 0.0820. The lowest BCUT2D eigenvalue weighted by Gasteiger charge is -2.56. The van der Waals surface area contributed by atoms with Gasteiger partial charge in [-0.25, -0.2) is 0 Å². The summed E-state index contributed by atoms with van der Waals surface area (Å²) >= 11 is 0. The average molecular weight is 443 g/mol. The van der Waals surface area contributed by atoms with Gasteiger partial charge in [-0.2, -0.15) is 0 Å². The van der Waals surface area contributed by atoms with Crippen molar-refractivity contribution in [2.45, 2.75) is 110 Å². The molecule has 0 aromatic rings. The predicted molar refractivity (Wildman–Crippen MR) is 129 cm³/mol. The first-order chi connectivity index (χ1) is 15.1. The molecule has 3 saturated carbocycles. The van der Waals surface area contributed by atoms with E-state index < -0.39 is 0 Å². The first-order valence-electron chi connectivity index (χ1n) is 13.4. The zero-order valence-corrected chi connectivity index (χ0v) is 21.5. The third-order valence-electron chi connectivity index (χ3n) is 11.1. The molecule has 4 aliphatic carbocycles. The van der Waals surface area contributed by atoms with Crippen molar-refractivity contribution < 1.29 is 14.6 Å². The molecule has 1 spiro atoms. The summed E-state index contributed by atoms with van der Waals surface area (Å²) in [6.45, 7) is 14.5. The Labute approximate surface area is 196 Å². The van der Waals surface area contributed by atoms with Crippen LogP contribution in [0.15, 0.2) is 23.3 Å². The van der Waals surface area contributed by atoms with Crippen molar-refractivity contribution >= 4 is 0 Å². The summed E-state index contributed by atoms with van der Waals surface area (Å²) in [6, 6.07) is 0. The molecule has 0 unspecified atom stereocenters. The van der Waals surface area contributed by atoms with Gasteiger partial charge in [-0.3, -0.25) is 0 Å². The second kappa shape index (κ2) is 7.68. The second-order valence-corrected chi connectivity index (χ2v) is 12.8. The Morgan fingerprint density at radius 3 is 2.50 bits per heavy atom. The van der Waals surface area contributed by atoms with Crippen LogP contribution in [0.3, 0.4) is 0 Å². The number of hydrogen-bond acceptors (Lipinski definition) is 3. The standard InChI is InChI=1S/C29H46O3/c1-17(2)18(3)8-9-19(4)21-10-11-22-24-23(13-14-27(21,22)5)28(6)15-12-20(30)16-29(28)26(32-29)25(24)31-7/h8-9,17-21,23,25-26,30H,10-16H2,1-7H3/b9-8+/t18-,19+,20-,21+,23-,25-,26+,27+,28+,29-/m0/s1. The van der Waals surface area contributed by atoms with Crippen LogP contribution in [0.25, 0.3) is 0 Å². The van der Waals surface area contributed by atoms with E-state index in [1.54, 1.807) is 11.1 Å². The van der Waals surface area contributed by atoms with Crippen LogP contribution < -0.4 is 0 Å². The van der Waals surface area contributed by atoms with Gasteiger partial charge in [0.1, 0.15) is 17.8 Å². The molecule has 0 amide bonds. The quantitative estimate of drug-likeness (QED) is 0.401. The lowest BCUT2D eigenvalue weighted by Crippen LogP contribution is -2.58. The van der Waals surface area contributed by atoms with Gasteiger partial charge in [0, 0.05) is 18.9 Å². The van der Waals surface area contributed by atoms with Gasteiger partial charge in [0.15, 0.2) is 0 Å². The predicted octanol–water partition coefficient (Wildman–Crippen LogP) is 6.31. The molecular weight excluding hydrogens is 396 g/mol. The molecule has 0 bridgehead atoms. The van der Waals surface area contributed by atoms with Gasteiger partial charge < -0.3 is 14.6 Å². The van der Waals surface area contributed by atoms with E-state index in [9.17, 15) is 5.11 Å². The van der Waals surface area contributed by atoms with Crippen LogP contribution in [0.1, 0.15) is 86.5 Å². The molecule has 5 rings (SSSR count). The highest BCUT2D eigenvalue weighted by Crippen LogP contribution is 2.72.